The van der Waals surface area contributed by atoms with E-state index in [4.69, 9.17) is 0 Å². The average Bonchev–Trinajstić information content (AvgIpc) is 2.48. The number of rotatable bonds is 5. The standard InChI is InChI=1S/C16H19NO3/c18-15(13-8-4-5-9-14(13)16(19)20)17-11-10-12-6-2-1-3-7-12/h1-7,13-14H,8-11H2,(H,17,18)(H,19,20)/p-1/t13-,14-/m0/s1. The van der Waals surface area contributed by atoms with Crippen LogP contribution in [0.2, 0.25) is 0 Å². The molecule has 0 saturated carbocycles. The van der Waals surface area contributed by atoms with E-state index >= 15 is 0 Å². The van der Waals surface area contributed by atoms with Crippen molar-refractivity contribution in [3.63, 3.8) is 0 Å². The van der Waals surface area contributed by atoms with Gasteiger partial charge in [0.05, 0.1) is 0 Å². The summed E-state index contributed by atoms with van der Waals surface area (Å²) in [5.41, 5.74) is 1.15. The number of hydrogen-bond acceptors (Lipinski definition) is 3. The quantitative estimate of drug-likeness (QED) is 0.801. The molecule has 0 spiro atoms. The molecule has 0 bridgehead atoms. The first-order valence-electron chi connectivity index (χ1n) is 6.86. The Bertz CT molecular complexity index is 496. The van der Waals surface area contributed by atoms with Gasteiger partial charge in [0.1, 0.15) is 0 Å². The number of aliphatic carboxylic acids is 1. The van der Waals surface area contributed by atoms with E-state index in [-0.39, 0.29) is 5.91 Å². The molecule has 0 unspecified atom stereocenters. The summed E-state index contributed by atoms with van der Waals surface area (Å²) in [5, 5.41) is 13.9. The number of carboxylic acid groups (broad SMARTS) is 1. The highest BCUT2D eigenvalue weighted by Crippen LogP contribution is 2.25. The zero-order valence-electron chi connectivity index (χ0n) is 11.2. The van der Waals surface area contributed by atoms with Gasteiger partial charge in [-0.2, -0.15) is 0 Å². The van der Waals surface area contributed by atoms with E-state index in [0.717, 1.165) is 12.0 Å². The zero-order valence-corrected chi connectivity index (χ0v) is 11.2. The summed E-state index contributed by atoms with van der Waals surface area (Å²) in [5.74, 6) is -2.56. The molecule has 4 heteroatoms. The highest BCUT2D eigenvalue weighted by molar-refractivity contribution is 5.84. The third-order valence-corrected chi connectivity index (χ3v) is 3.63. The van der Waals surface area contributed by atoms with Crippen molar-refractivity contribution in [3.8, 4) is 0 Å². The minimum Gasteiger partial charge on any atom is -0.550 e. The van der Waals surface area contributed by atoms with E-state index in [1.807, 2.05) is 36.4 Å². The lowest BCUT2D eigenvalue weighted by molar-refractivity contribution is -0.313. The lowest BCUT2D eigenvalue weighted by Crippen LogP contribution is -2.44. The van der Waals surface area contributed by atoms with E-state index in [9.17, 15) is 14.7 Å². The summed E-state index contributed by atoms with van der Waals surface area (Å²) in [6.45, 7) is 0.517. The van der Waals surface area contributed by atoms with Gasteiger partial charge in [0.2, 0.25) is 5.91 Å². The lowest BCUT2D eigenvalue weighted by atomic mass is 9.82. The Morgan fingerprint density at radius 2 is 1.75 bits per heavy atom. The third-order valence-electron chi connectivity index (χ3n) is 3.63. The Hall–Kier alpha value is -2.10. The second kappa shape index (κ2) is 6.89. The van der Waals surface area contributed by atoms with Gasteiger partial charge in [-0.05, 0) is 24.8 Å². The van der Waals surface area contributed by atoms with Crippen LogP contribution in [0, 0.1) is 11.8 Å². The summed E-state index contributed by atoms with van der Waals surface area (Å²) in [6.07, 6.45) is 5.25. The van der Waals surface area contributed by atoms with Crippen LogP contribution in [0.5, 0.6) is 0 Å². The van der Waals surface area contributed by atoms with Crippen molar-refractivity contribution >= 4 is 11.9 Å². The molecule has 2 atom stereocenters. The van der Waals surface area contributed by atoms with Crippen LogP contribution in [0.25, 0.3) is 0 Å². The largest absolute Gasteiger partial charge is 0.550 e. The number of amides is 1. The molecule has 20 heavy (non-hydrogen) atoms. The number of hydrogen-bond donors (Lipinski definition) is 1. The van der Waals surface area contributed by atoms with Crippen LogP contribution in [0.3, 0.4) is 0 Å². The van der Waals surface area contributed by atoms with Crippen LogP contribution in [-0.4, -0.2) is 18.4 Å². The number of nitrogens with one attached hydrogen (secondary N) is 1. The van der Waals surface area contributed by atoms with E-state index in [2.05, 4.69) is 5.32 Å². The molecule has 0 radical (unpaired) electrons. The fourth-order valence-electron chi connectivity index (χ4n) is 2.47. The van der Waals surface area contributed by atoms with Crippen LogP contribution in [0.15, 0.2) is 42.5 Å². The fraction of sp³-hybridized carbons (Fsp3) is 0.375. The molecular formula is C16H18NO3-. The molecule has 0 aromatic heterocycles. The fourth-order valence-corrected chi connectivity index (χ4v) is 2.47. The highest BCUT2D eigenvalue weighted by atomic mass is 16.4. The van der Waals surface area contributed by atoms with Gasteiger partial charge in [-0.15, -0.1) is 0 Å². The van der Waals surface area contributed by atoms with E-state index in [0.29, 0.717) is 19.4 Å². The molecule has 1 aromatic carbocycles. The van der Waals surface area contributed by atoms with Crippen LogP contribution >= 0.6 is 0 Å². The topological polar surface area (TPSA) is 69.2 Å². The molecule has 1 aliphatic carbocycles. The summed E-state index contributed by atoms with van der Waals surface area (Å²) in [6, 6.07) is 9.85. The minimum absolute atomic E-state index is 0.195. The number of carbonyl (C=O) groups excluding carboxylic acids is 2. The van der Waals surface area contributed by atoms with E-state index < -0.39 is 17.8 Å². The molecule has 0 saturated heterocycles. The van der Waals surface area contributed by atoms with Crippen molar-refractivity contribution in [1.29, 1.82) is 0 Å². The predicted molar refractivity (Wildman–Crippen MR) is 73.5 cm³/mol. The summed E-state index contributed by atoms with van der Waals surface area (Å²) in [4.78, 5) is 23.1. The van der Waals surface area contributed by atoms with E-state index in [1.165, 1.54) is 0 Å². The molecular weight excluding hydrogens is 254 g/mol. The highest BCUT2D eigenvalue weighted by Gasteiger charge is 2.29. The van der Waals surface area contributed by atoms with Gasteiger partial charge in [-0.3, -0.25) is 4.79 Å². The molecule has 2 rings (SSSR count). The van der Waals surface area contributed by atoms with Gasteiger partial charge < -0.3 is 15.2 Å². The molecule has 4 nitrogen and oxygen atoms in total. The minimum atomic E-state index is -1.14. The van der Waals surface area contributed by atoms with Crippen LogP contribution in [-0.2, 0) is 16.0 Å². The number of carbonyl (C=O) groups is 2. The van der Waals surface area contributed by atoms with Crippen molar-refractivity contribution in [2.75, 3.05) is 6.54 Å². The van der Waals surface area contributed by atoms with Crippen LogP contribution < -0.4 is 10.4 Å². The second-order valence-corrected chi connectivity index (χ2v) is 5.00. The van der Waals surface area contributed by atoms with Gasteiger partial charge >= 0.3 is 0 Å². The predicted octanol–water partition coefficient (Wildman–Crippen LogP) is 0.678. The van der Waals surface area contributed by atoms with Crippen molar-refractivity contribution in [2.24, 2.45) is 11.8 Å². The molecule has 1 N–H and O–H groups in total. The van der Waals surface area contributed by atoms with Gasteiger partial charge in [0.15, 0.2) is 0 Å². The molecule has 1 amide bonds. The zero-order chi connectivity index (χ0) is 14.4. The maximum Gasteiger partial charge on any atom is 0.224 e. The molecule has 106 valence electrons. The Morgan fingerprint density at radius 3 is 2.40 bits per heavy atom. The van der Waals surface area contributed by atoms with Gasteiger partial charge in [-0.1, -0.05) is 42.5 Å². The van der Waals surface area contributed by atoms with Gasteiger partial charge in [0, 0.05) is 24.3 Å². The summed E-state index contributed by atoms with van der Waals surface area (Å²) >= 11 is 0. The van der Waals surface area contributed by atoms with Crippen molar-refractivity contribution < 1.29 is 14.7 Å². The van der Waals surface area contributed by atoms with Crippen LogP contribution in [0.1, 0.15) is 18.4 Å². The van der Waals surface area contributed by atoms with Crippen molar-refractivity contribution in [2.45, 2.75) is 19.3 Å². The number of benzene rings is 1. The summed E-state index contributed by atoms with van der Waals surface area (Å²) < 4.78 is 0. The van der Waals surface area contributed by atoms with Crippen LogP contribution in [0.4, 0.5) is 0 Å². The monoisotopic (exact) mass is 272 g/mol. The number of carboxylic acids is 1. The Morgan fingerprint density at radius 1 is 1.10 bits per heavy atom. The smallest absolute Gasteiger partial charge is 0.224 e. The van der Waals surface area contributed by atoms with Gasteiger partial charge in [0.25, 0.3) is 0 Å². The van der Waals surface area contributed by atoms with Gasteiger partial charge in [-0.25, -0.2) is 0 Å². The summed E-state index contributed by atoms with van der Waals surface area (Å²) in [7, 11) is 0. The van der Waals surface area contributed by atoms with Crippen molar-refractivity contribution in [3.05, 3.63) is 48.0 Å². The SMILES string of the molecule is O=C([O-])[C@H]1CC=CC[C@@H]1C(=O)NCCc1ccccc1. The Kier molecular flexibility index (Phi) is 4.93. The first kappa shape index (κ1) is 14.3. The molecule has 0 aliphatic heterocycles. The first-order valence-corrected chi connectivity index (χ1v) is 6.86. The molecule has 1 aliphatic rings. The normalized spacial score (nSPS) is 21.4. The lowest BCUT2D eigenvalue weighted by Gasteiger charge is -2.28. The maximum atomic E-state index is 12.1. The Labute approximate surface area is 118 Å². The molecule has 1 aromatic rings. The Balaban J connectivity index is 1.85. The number of allylic oxidation sites excluding steroid dienone is 2. The first-order chi connectivity index (χ1) is 9.68. The molecule has 0 heterocycles. The second-order valence-electron chi connectivity index (χ2n) is 5.00. The molecule has 0 fully saturated rings. The van der Waals surface area contributed by atoms with Crippen molar-refractivity contribution in [1.82, 2.24) is 5.32 Å². The third kappa shape index (κ3) is 3.70. The van der Waals surface area contributed by atoms with E-state index in [1.54, 1.807) is 6.08 Å². The average molecular weight is 272 g/mol. The maximum absolute atomic E-state index is 12.1.